The van der Waals surface area contributed by atoms with Crippen LogP contribution in [0.3, 0.4) is 0 Å². The van der Waals surface area contributed by atoms with Crippen molar-refractivity contribution in [1.29, 1.82) is 10.6 Å². The van der Waals surface area contributed by atoms with Crippen molar-refractivity contribution in [1.82, 2.24) is 9.97 Å². The van der Waals surface area contributed by atoms with Crippen molar-refractivity contribution in [3.63, 3.8) is 0 Å². The minimum Gasteiger partial charge on any atom is -0.490 e. The molecule has 9 heteroatoms. The Morgan fingerprint density at radius 2 is 1.38 bits per heavy atom. The molecule has 0 spiro atoms. The standard InChI is InChI=1S/C12H13NO.C11H11NO2.2CH4BN/c1-8-9-5-3-7-13-12(9)10-4-2-6-11(10)14-8;13-11-8-4-2-6-12-10(8)7-3-1-5-9(7)14-11;2*1-2-3/h3,5,7,10-11H,1-2,4,6H2;2,4,6-7,9H,1,3,5H2;2*3H,1H3/t10-,11+;7-,9+;;/m10../s1/i7D;6D;;. The zero-order chi connectivity index (χ0) is 26.2. The largest absolute Gasteiger partial charge is 0.490 e. The molecule has 2 N–H and O–H groups in total. The van der Waals surface area contributed by atoms with Gasteiger partial charge in [0.05, 0.1) is 19.7 Å². The van der Waals surface area contributed by atoms with Crippen molar-refractivity contribution in [3.8, 4) is 0 Å². The third-order valence-corrected chi connectivity index (χ3v) is 6.25. The fourth-order valence-corrected chi connectivity index (χ4v) is 4.93. The summed E-state index contributed by atoms with van der Waals surface area (Å²) < 4.78 is 26.2. The van der Waals surface area contributed by atoms with Crippen molar-refractivity contribution in [2.45, 2.75) is 76.2 Å². The molecule has 0 amide bonds. The molecule has 4 aliphatic rings. The van der Waals surface area contributed by atoms with E-state index in [9.17, 15) is 4.79 Å². The van der Waals surface area contributed by atoms with Crippen LogP contribution in [0.25, 0.3) is 5.76 Å². The van der Waals surface area contributed by atoms with E-state index >= 15 is 0 Å². The number of hydrogen-bond acceptors (Lipinski definition) is 7. The minimum absolute atomic E-state index is 0.000648. The first-order valence-corrected chi connectivity index (χ1v) is 11.8. The third kappa shape index (κ3) is 5.75. The normalized spacial score (nSPS) is 25.5. The predicted molar refractivity (Wildman–Crippen MR) is 133 cm³/mol. The number of ether oxygens (including phenoxy) is 2. The monoisotopic (exact) mass is 460 g/mol. The molecule has 0 aromatic carbocycles. The molecule has 2 aliphatic carbocycles. The summed E-state index contributed by atoms with van der Waals surface area (Å²) in [6, 6.07) is 6.79. The average molecular weight is 460 g/mol. The third-order valence-electron chi connectivity index (χ3n) is 6.25. The molecule has 2 aromatic rings. The summed E-state index contributed by atoms with van der Waals surface area (Å²) in [5.74, 6) is 1.06. The van der Waals surface area contributed by atoms with Gasteiger partial charge in [-0.05, 0) is 62.8 Å². The number of nitrogens with zero attached hydrogens (tertiary/aromatic N) is 2. The summed E-state index contributed by atoms with van der Waals surface area (Å²) in [4.78, 5) is 20.1. The first-order chi connectivity index (χ1) is 17.3. The van der Waals surface area contributed by atoms with Crippen LogP contribution in [0.1, 0.15) is 80.4 Å². The second-order valence-corrected chi connectivity index (χ2v) is 8.42. The van der Waals surface area contributed by atoms with Crippen LogP contribution in [0.2, 0.25) is 13.6 Å². The smallest absolute Gasteiger partial charge is 0.340 e. The number of esters is 1. The summed E-state index contributed by atoms with van der Waals surface area (Å²) in [6.45, 7) is 7.26. The van der Waals surface area contributed by atoms with Crippen molar-refractivity contribution in [3.05, 3.63) is 65.7 Å². The van der Waals surface area contributed by atoms with Gasteiger partial charge >= 0.3 is 44.4 Å². The first-order valence-electron chi connectivity index (χ1n) is 12.8. The summed E-state index contributed by atoms with van der Waals surface area (Å²) in [6.07, 6.45) is 7.25. The number of carbonyl (C=O) groups is 1. The Morgan fingerprint density at radius 1 is 0.912 bits per heavy atom. The number of nitrogens with one attached hydrogen (secondary N) is 2. The van der Waals surface area contributed by atoms with Gasteiger partial charge in [-0.3, -0.25) is 9.97 Å². The van der Waals surface area contributed by atoms with E-state index in [0.29, 0.717) is 17.7 Å². The Morgan fingerprint density at radius 3 is 1.94 bits per heavy atom. The zero-order valence-corrected chi connectivity index (χ0v) is 19.8. The van der Waals surface area contributed by atoms with Gasteiger partial charge in [-0.25, -0.2) is 4.79 Å². The number of aromatic nitrogens is 2. The Bertz CT molecular complexity index is 1050. The van der Waals surface area contributed by atoms with Crippen LogP contribution in [0, 0.1) is 10.6 Å². The number of carbonyl (C=O) groups excluding carboxylic acids is 1. The van der Waals surface area contributed by atoms with Gasteiger partial charge in [-0.2, -0.15) is 0 Å². The van der Waals surface area contributed by atoms with Crippen LogP contribution in [0.15, 0.2) is 43.2 Å². The van der Waals surface area contributed by atoms with Crippen LogP contribution in [-0.2, 0) is 9.47 Å². The molecule has 4 atom stereocenters. The summed E-state index contributed by atoms with van der Waals surface area (Å²) >= 11 is 0. The van der Waals surface area contributed by atoms with E-state index in [4.69, 9.17) is 22.8 Å². The molecule has 2 aliphatic heterocycles. The van der Waals surface area contributed by atoms with Crippen LogP contribution in [0.4, 0.5) is 0 Å². The van der Waals surface area contributed by atoms with Crippen molar-refractivity contribution >= 4 is 25.9 Å². The van der Waals surface area contributed by atoms with Crippen LogP contribution >= 0.6 is 0 Å². The zero-order valence-electron chi connectivity index (χ0n) is 21.8. The molecule has 0 bridgehead atoms. The molecule has 34 heavy (non-hydrogen) atoms. The Balaban J connectivity index is 0.000000165. The number of hydrogen-bond donors (Lipinski definition) is 2. The fraction of sp³-hybridized carbons (Fsp3) is 0.480. The van der Waals surface area contributed by atoms with Crippen molar-refractivity contribution in [2.75, 3.05) is 0 Å². The molecule has 0 radical (unpaired) electrons. The molecule has 176 valence electrons. The van der Waals surface area contributed by atoms with E-state index in [0.717, 1.165) is 54.8 Å². The van der Waals surface area contributed by atoms with E-state index in [1.807, 2.05) is 6.07 Å². The van der Waals surface area contributed by atoms with Crippen molar-refractivity contribution < 1.29 is 17.0 Å². The van der Waals surface area contributed by atoms with Gasteiger partial charge in [-0.15, -0.1) is 0 Å². The Kier molecular flexibility index (Phi) is 8.38. The molecule has 2 aromatic heterocycles. The van der Waals surface area contributed by atoms with E-state index in [1.54, 1.807) is 25.8 Å². The molecule has 0 unspecified atom stereocenters. The molecular formula is C25H32B2N4O3. The quantitative estimate of drug-likeness (QED) is 0.393. The molecule has 7 nitrogen and oxygen atoms in total. The fourth-order valence-electron chi connectivity index (χ4n) is 4.93. The predicted octanol–water partition coefficient (Wildman–Crippen LogP) is 5.61. The van der Waals surface area contributed by atoms with Gasteiger partial charge in [0.15, 0.2) is 0 Å². The summed E-state index contributed by atoms with van der Waals surface area (Å²) in [5.41, 5.74) is 3.35. The summed E-state index contributed by atoms with van der Waals surface area (Å²) in [7, 11) is 2.50. The van der Waals surface area contributed by atoms with Crippen LogP contribution < -0.4 is 0 Å². The molecule has 4 heterocycles. The topological polar surface area (TPSA) is 109 Å². The van der Waals surface area contributed by atoms with E-state index in [1.165, 1.54) is 26.6 Å². The Hall–Kier alpha value is -2.96. The van der Waals surface area contributed by atoms with Gasteiger partial charge in [0.25, 0.3) is 0 Å². The van der Waals surface area contributed by atoms with Gasteiger partial charge < -0.3 is 9.47 Å². The maximum Gasteiger partial charge on any atom is 0.340 e. The average Bonchev–Trinajstić information content (AvgIpc) is 3.50. The van der Waals surface area contributed by atoms with Gasteiger partial charge in [0.1, 0.15) is 18.0 Å². The SMILES string of the molecule is CB=N.CB=N.[2H]c1ccc2c(n1)[C@@H]1CCC[C@@H]1OC2=C.[2H]c1ccc2c(n1)[C@H]1CCC[C@H]1OC2=O. The second-order valence-electron chi connectivity index (χ2n) is 8.42. The van der Waals surface area contributed by atoms with E-state index < -0.39 is 0 Å². The molecule has 2 fully saturated rings. The first kappa shape index (κ1) is 22.8. The second kappa shape index (κ2) is 12.5. The van der Waals surface area contributed by atoms with Crippen LogP contribution in [0.5, 0.6) is 0 Å². The number of rotatable bonds is 0. The van der Waals surface area contributed by atoms with Gasteiger partial charge in [-0.1, -0.05) is 6.58 Å². The molecular weight excluding hydrogens is 426 g/mol. The molecule has 6 rings (SSSR count). The van der Waals surface area contributed by atoms with E-state index in [-0.39, 0.29) is 30.3 Å². The summed E-state index contributed by atoms with van der Waals surface area (Å²) in [5, 5.41) is 12.2. The molecule has 0 saturated heterocycles. The maximum absolute atomic E-state index is 11.6. The minimum atomic E-state index is -0.277. The number of fused-ring (bicyclic) bond motifs is 6. The molecule has 2 saturated carbocycles. The van der Waals surface area contributed by atoms with Gasteiger partial charge in [0.2, 0.25) is 0 Å². The van der Waals surface area contributed by atoms with Crippen molar-refractivity contribution in [2.24, 2.45) is 0 Å². The maximum atomic E-state index is 11.6. The number of pyridine rings is 2. The van der Waals surface area contributed by atoms with Gasteiger partial charge in [0, 0.05) is 29.7 Å². The van der Waals surface area contributed by atoms with E-state index in [2.05, 4.69) is 16.5 Å². The van der Waals surface area contributed by atoms with Crippen LogP contribution in [-0.4, -0.2) is 42.3 Å². The Labute approximate surface area is 205 Å².